The molecule has 1 heterocycles. The third kappa shape index (κ3) is 2.12. The van der Waals surface area contributed by atoms with Crippen LogP contribution in [0, 0.1) is 11.7 Å². The van der Waals surface area contributed by atoms with Gasteiger partial charge in [0.25, 0.3) is 0 Å². The van der Waals surface area contributed by atoms with E-state index in [9.17, 15) is 14.3 Å². The number of carboxylic acids is 1. The number of aliphatic carboxylic acids is 1. The van der Waals surface area contributed by atoms with E-state index in [1.54, 1.807) is 0 Å². The number of allylic oxidation sites excluding steroid dienone is 2. The van der Waals surface area contributed by atoms with Gasteiger partial charge in [0.15, 0.2) is 11.5 Å². The van der Waals surface area contributed by atoms with E-state index in [1.165, 1.54) is 18.2 Å². The molecule has 2 atom stereocenters. The highest BCUT2D eigenvalue weighted by Gasteiger charge is 2.33. The second-order valence-corrected chi connectivity index (χ2v) is 4.66. The van der Waals surface area contributed by atoms with Gasteiger partial charge in [0.1, 0.15) is 11.3 Å². The maximum absolute atomic E-state index is 13.1. The molecule has 2 aromatic rings. The van der Waals surface area contributed by atoms with Crippen LogP contribution in [0.2, 0.25) is 0 Å². The number of carbonyl (C=O) groups is 1. The smallest absolute Gasteiger partial charge is 0.307 e. The van der Waals surface area contributed by atoms with Crippen molar-refractivity contribution in [3.05, 3.63) is 42.1 Å². The van der Waals surface area contributed by atoms with Gasteiger partial charge in [-0.25, -0.2) is 9.37 Å². The van der Waals surface area contributed by atoms with Crippen LogP contribution in [0.4, 0.5) is 4.39 Å². The molecule has 1 aromatic carbocycles. The minimum Gasteiger partial charge on any atom is -0.481 e. The number of hydrogen-bond donors (Lipinski definition) is 1. The van der Waals surface area contributed by atoms with Crippen molar-refractivity contribution in [3.8, 4) is 0 Å². The van der Waals surface area contributed by atoms with Crippen molar-refractivity contribution in [2.45, 2.75) is 18.8 Å². The first kappa shape index (κ1) is 11.9. The van der Waals surface area contributed by atoms with Gasteiger partial charge in [-0.1, -0.05) is 12.2 Å². The Morgan fingerprint density at radius 2 is 2.16 bits per heavy atom. The van der Waals surface area contributed by atoms with Crippen LogP contribution in [0.5, 0.6) is 0 Å². The van der Waals surface area contributed by atoms with Crippen molar-refractivity contribution in [2.24, 2.45) is 5.92 Å². The molecule has 1 aliphatic rings. The SMILES string of the molecule is O=C(O)[C@H]1CC=CC[C@H]1c1nc2ccc(F)cc2o1. The largest absolute Gasteiger partial charge is 0.481 e. The van der Waals surface area contributed by atoms with Gasteiger partial charge >= 0.3 is 5.97 Å². The number of hydrogen-bond acceptors (Lipinski definition) is 3. The Balaban J connectivity index is 2.02. The second-order valence-electron chi connectivity index (χ2n) is 4.66. The van der Waals surface area contributed by atoms with Crippen molar-refractivity contribution < 1.29 is 18.7 Å². The van der Waals surface area contributed by atoms with Crippen LogP contribution >= 0.6 is 0 Å². The predicted molar refractivity (Wildman–Crippen MR) is 66.2 cm³/mol. The molecule has 0 aliphatic heterocycles. The molecule has 0 saturated heterocycles. The van der Waals surface area contributed by atoms with Crippen LogP contribution < -0.4 is 0 Å². The van der Waals surface area contributed by atoms with Gasteiger partial charge in [0.05, 0.1) is 11.8 Å². The summed E-state index contributed by atoms with van der Waals surface area (Å²) in [6.07, 6.45) is 4.83. The lowest BCUT2D eigenvalue weighted by Crippen LogP contribution is -2.23. The number of rotatable bonds is 2. The average molecular weight is 261 g/mol. The molecule has 4 nitrogen and oxygen atoms in total. The molecule has 5 heteroatoms. The van der Waals surface area contributed by atoms with Crippen molar-refractivity contribution in [1.82, 2.24) is 4.98 Å². The first-order chi connectivity index (χ1) is 9.15. The molecular weight excluding hydrogens is 249 g/mol. The minimum absolute atomic E-state index is 0.294. The Morgan fingerprint density at radius 1 is 1.37 bits per heavy atom. The number of nitrogens with zero attached hydrogens (tertiary/aromatic N) is 1. The Morgan fingerprint density at radius 3 is 2.95 bits per heavy atom. The number of benzene rings is 1. The Bertz CT molecular complexity index is 662. The van der Waals surface area contributed by atoms with E-state index in [-0.39, 0.29) is 5.92 Å². The summed E-state index contributed by atoms with van der Waals surface area (Å²) in [6.45, 7) is 0. The standard InChI is InChI=1S/C14H12FNO3/c15-8-5-6-11-12(7-8)19-13(16-11)9-3-1-2-4-10(9)14(17)18/h1-2,5-7,9-10H,3-4H2,(H,17,18)/t9-,10+/m1/s1. The zero-order valence-electron chi connectivity index (χ0n) is 10.0. The maximum Gasteiger partial charge on any atom is 0.307 e. The topological polar surface area (TPSA) is 63.3 Å². The number of halogens is 1. The van der Waals surface area contributed by atoms with Gasteiger partial charge < -0.3 is 9.52 Å². The van der Waals surface area contributed by atoms with E-state index < -0.39 is 17.7 Å². The molecule has 0 spiro atoms. The van der Waals surface area contributed by atoms with Crippen LogP contribution in [0.15, 0.2) is 34.8 Å². The zero-order valence-corrected chi connectivity index (χ0v) is 10.0. The molecule has 3 rings (SSSR count). The van der Waals surface area contributed by atoms with E-state index in [2.05, 4.69) is 4.98 Å². The number of aromatic nitrogens is 1. The van der Waals surface area contributed by atoms with Crippen LogP contribution in [0.25, 0.3) is 11.1 Å². The van der Waals surface area contributed by atoms with E-state index in [1.807, 2.05) is 12.2 Å². The molecule has 0 fully saturated rings. The van der Waals surface area contributed by atoms with Crippen LogP contribution in [-0.2, 0) is 4.79 Å². The molecular formula is C14H12FNO3. The fraction of sp³-hybridized carbons (Fsp3) is 0.286. The molecule has 0 bridgehead atoms. The second kappa shape index (κ2) is 4.50. The number of carboxylic acid groups (broad SMARTS) is 1. The van der Waals surface area contributed by atoms with Crippen molar-refractivity contribution >= 4 is 17.1 Å². The monoisotopic (exact) mass is 261 g/mol. The third-order valence-corrected chi connectivity index (χ3v) is 3.43. The van der Waals surface area contributed by atoms with Gasteiger partial charge in [-0.05, 0) is 25.0 Å². The van der Waals surface area contributed by atoms with Gasteiger partial charge in [-0.15, -0.1) is 0 Å². The maximum atomic E-state index is 13.1. The summed E-state index contributed by atoms with van der Waals surface area (Å²) < 4.78 is 18.6. The van der Waals surface area contributed by atoms with Crippen molar-refractivity contribution in [2.75, 3.05) is 0 Å². The highest BCUT2D eigenvalue weighted by atomic mass is 19.1. The van der Waals surface area contributed by atoms with Gasteiger partial charge in [0.2, 0.25) is 0 Å². The van der Waals surface area contributed by atoms with Gasteiger partial charge in [0, 0.05) is 6.07 Å². The van der Waals surface area contributed by atoms with Crippen molar-refractivity contribution in [3.63, 3.8) is 0 Å². The Hall–Kier alpha value is -2.17. The fourth-order valence-corrected chi connectivity index (χ4v) is 2.43. The number of oxazole rings is 1. The molecule has 1 aliphatic carbocycles. The summed E-state index contributed by atoms with van der Waals surface area (Å²) in [5.74, 6) is -1.71. The Labute approximate surface area is 108 Å². The third-order valence-electron chi connectivity index (χ3n) is 3.43. The summed E-state index contributed by atoms with van der Waals surface area (Å²) in [5, 5.41) is 9.23. The van der Waals surface area contributed by atoms with E-state index >= 15 is 0 Å². The molecule has 19 heavy (non-hydrogen) atoms. The summed E-state index contributed by atoms with van der Waals surface area (Å²) in [4.78, 5) is 15.5. The lowest BCUT2D eigenvalue weighted by Gasteiger charge is -2.21. The molecule has 0 saturated carbocycles. The summed E-state index contributed by atoms with van der Waals surface area (Å²) >= 11 is 0. The first-order valence-corrected chi connectivity index (χ1v) is 6.09. The molecule has 98 valence electrons. The minimum atomic E-state index is -0.859. The first-order valence-electron chi connectivity index (χ1n) is 6.09. The lowest BCUT2D eigenvalue weighted by atomic mass is 9.83. The molecule has 1 aromatic heterocycles. The highest BCUT2D eigenvalue weighted by molar-refractivity contribution is 5.74. The molecule has 0 unspecified atom stereocenters. The lowest BCUT2D eigenvalue weighted by molar-refractivity contribution is -0.142. The zero-order chi connectivity index (χ0) is 13.4. The summed E-state index contributed by atoms with van der Waals surface area (Å²) in [5.41, 5.74) is 0.906. The van der Waals surface area contributed by atoms with Crippen LogP contribution in [0.3, 0.4) is 0 Å². The van der Waals surface area contributed by atoms with Gasteiger partial charge in [-0.2, -0.15) is 0 Å². The molecule has 1 N–H and O–H groups in total. The van der Waals surface area contributed by atoms with E-state index in [0.29, 0.717) is 29.8 Å². The average Bonchev–Trinajstić information content (AvgIpc) is 2.81. The van der Waals surface area contributed by atoms with Crippen molar-refractivity contribution in [1.29, 1.82) is 0 Å². The van der Waals surface area contributed by atoms with E-state index in [4.69, 9.17) is 4.42 Å². The quantitative estimate of drug-likeness (QED) is 0.844. The highest BCUT2D eigenvalue weighted by Crippen LogP contribution is 2.35. The summed E-state index contributed by atoms with van der Waals surface area (Å²) in [7, 11) is 0. The normalized spacial score (nSPS) is 22.8. The summed E-state index contributed by atoms with van der Waals surface area (Å²) in [6, 6.07) is 4.11. The Kier molecular flexibility index (Phi) is 2.81. The van der Waals surface area contributed by atoms with E-state index in [0.717, 1.165) is 0 Å². The van der Waals surface area contributed by atoms with Gasteiger partial charge in [-0.3, -0.25) is 4.79 Å². The number of fused-ring (bicyclic) bond motifs is 1. The predicted octanol–water partition coefficient (Wildman–Crippen LogP) is 3.10. The molecule has 0 amide bonds. The van der Waals surface area contributed by atoms with Crippen LogP contribution in [0.1, 0.15) is 24.7 Å². The molecule has 0 radical (unpaired) electrons. The van der Waals surface area contributed by atoms with Crippen LogP contribution in [-0.4, -0.2) is 16.1 Å². The fourth-order valence-electron chi connectivity index (χ4n) is 2.43.